The first-order chi connectivity index (χ1) is 11.2. The number of rotatable bonds is 4. The zero-order chi connectivity index (χ0) is 16.2. The molecule has 5 nitrogen and oxygen atoms in total. The molecule has 2 N–H and O–H groups in total. The number of fused-ring (bicyclic) bond motifs is 1. The number of carbonyl (C=O) groups excluding carboxylic acids is 1. The van der Waals surface area contributed by atoms with Crippen LogP contribution in [0.4, 0.5) is 5.69 Å². The van der Waals surface area contributed by atoms with E-state index in [9.17, 15) is 4.79 Å². The predicted molar refractivity (Wildman–Crippen MR) is 88.3 cm³/mol. The fourth-order valence-corrected chi connectivity index (χ4v) is 2.56. The highest BCUT2D eigenvalue weighted by Crippen LogP contribution is 2.27. The molecule has 0 aliphatic carbocycles. The van der Waals surface area contributed by atoms with Gasteiger partial charge in [0.15, 0.2) is 0 Å². The number of methoxy groups -OCH3 is 1. The highest BCUT2D eigenvalue weighted by atomic mass is 16.5. The highest BCUT2D eigenvalue weighted by molar-refractivity contribution is 5.97. The molecule has 3 aromatic rings. The molecule has 114 valence electrons. The van der Waals surface area contributed by atoms with E-state index >= 15 is 0 Å². The van der Waals surface area contributed by atoms with E-state index in [1.165, 1.54) is 0 Å². The summed E-state index contributed by atoms with van der Waals surface area (Å²) in [4.78, 5) is 15.4. The fraction of sp³-hybridized carbons (Fsp3) is 0.111. The van der Waals surface area contributed by atoms with E-state index in [-0.39, 0.29) is 12.3 Å². The summed E-state index contributed by atoms with van der Waals surface area (Å²) in [5, 5.41) is 12.8. The number of nitrogens with one attached hydrogen (secondary N) is 2. The number of ether oxygens (including phenoxy) is 1. The Morgan fingerprint density at radius 2 is 2.09 bits per heavy atom. The topological polar surface area (TPSA) is 77.9 Å². The van der Waals surface area contributed by atoms with Crippen LogP contribution in [0.1, 0.15) is 11.1 Å². The Hall–Kier alpha value is -3.26. The molecular formula is C18H15N3O2. The van der Waals surface area contributed by atoms with Gasteiger partial charge in [-0.15, -0.1) is 0 Å². The van der Waals surface area contributed by atoms with E-state index in [0.29, 0.717) is 11.3 Å². The molecule has 0 bridgehead atoms. The molecule has 5 heteroatoms. The number of benzene rings is 2. The highest BCUT2D eigenvalue weighted by Gasteiger charge is 2.12. The Morgan fingerprint density at radius 1 is 1.26 bits per heavy atom. The molecule has 0 unspecified atom stereocenters. The lowest BCUT2D eigenvalue weighted by atomic mass is 10.1. The first kappa shape index (κ1) is 14.7. The average molecular weight is 305 g/mol. The standard InChI is InChI=1S/C18H15N3O2/c1-23-16-8-4-6-14-13(11-20-18(14)16)9-17(22)21-15-7-3-2-5-12(15)10-19/h2-8,11,20H,9H2,1H3,(H,21,22). The third-order valence-corrected chi connectivity index (χ3v) is 3.66. The minimum absolute atomic E-state index is 0.170. The van der Waals surface area contributed by atoms with E-state index in [0.717, 1.165) is 22.2 Å². The van der Waals surface area contributed by atoms with Crippen LogP contribution in [0.25, 0.3) is 10.9 Å². The molecule has 2 aromatic carbocycles. The Bertz CT molecular complexity index is 906. The van der Waals surface area contributed by atoms with E-state index in [2.05, 4.69) is 16.4 Å². The zero-order valence-corrected chi connectivity index (χ0v) is 12.6. The van der Waals surface area contributed by atoms with Gasteiger partial charge in [0.2, 0.25) is 5.91 Å². The number of aromatic nitrogens is 1. The second kappa shape index (κ2) is 6.24. The maximum atomic E-state index is 12.3. The Balaban J connectivity index is 1.82. The molecule has 0 spiro atoms. The summed E-state index contributed by atoms with van der Waals surface area (Å²) in [6, 6.07) is 14.7. The van der Waals surface area contributed by atoms with Gasteiger partial charge in [0, 0.05) is 11.6 Å². The number of hydrogen-bond donors (Lipinski definition) is 2. The van der Waals surface area contributed by atoms with E-state index in [4.69, 9.17) is 10.00 Å². The Morgan fingerprint density at radius 3 is 2.87 bits per heavy atom. The van der Waals surface area contributed by atoms with Crippen molar-refractivity contribution in [1.29, 1.82) is 5.26 Å². The average Bonchev–Trinajstić information content (AvgIpc) is 2.98. The number of carbonyl (C=O) groups is 1. The van der Waals surface area contributed by atoms with Crippen LogP contribution in [0, 0.1) is 11.3 Å². The fourth-order valence-electron chi connectivity index (χ4n) is 2.56. The summed E-state index contributed by atoms with van der Waals surface area (Å²) in [6.07, 6.45) is 2.02. The molecule has 0 saturated carbocycles. The lowest BCUT2D eigenvalue weighted by molar-refractivity contribution is -0.115. The summed E-state index contributed by atoms with van der Waals surface area (Å²) in [5.74, 6) is 0.570. The van der Waals surface area contributed by atoms with Gasteiger partial charge in [0.1, 0.15) is 11.8 Å². The first-order valence-electron chi connectivity index (χ1n) is 7.15. The number of nitriles is 1. The van der Waals surface area contributed by atoms with Crippen molar-refractivity contribution in [1.82, 2.24) is 4.98 Å². The van der Waals surface area contributed by atoms with Gasteiger partial charge in [-0.3, -0.25) is 4.79 Å². The maximum absolute atomic E-state index is 12.3. The minimum Gasteiger partial charge on any atom is -0.495 e. The summed E-state index contributed by atoms with van der Waals surface area (Å²) >= 11 is 0. The Kier molecular flexibility index (Phi) is 3.98. The van der Waals surface area contributed by atoms with Crippen LogP contribution in [-0.4, -0.2) is 18.0 Å². The number of anilines is 1. The van der Waals surface area contributed by atoms with Crippen molar-refractivity contribution >= 4 is 22.5 Å². The number of para-hydroxylation sites is 2. The molecule has 0 atom stereocenters. The number of amides is 1. The molecule has 3 rings (SSSR count). The largest absolute Gasteiger partial charge is 0.495 e. The molecule has 1 aromatic heterocycles. The third kappa shape index (κ3) is 2.87. The van der Waals surface area contributed by atoms with Crippen LogP contribution in [0.3, 0.4) is 0 Å². The molecular weight excluding hydrogens is 290 g/mol. The van der Waals surface area contributed by atoms with Crippen molar-refractivity contribution in [3.63, 3.8) is 0 Å². The lowest BCUT2D eigenvalue weighted by Crippen LogP contribution is -2.15. The maximum Gasteiger partial charge on any atom is 0.228 e. The van der Waals surface area contributed by atoms with Gasteiger partial charge in [0.05, 0.1) is 30.3 Å². The Labute approximate surface area is 133 Å². The van der Waals surface area contributed by atoms with Gasteiger partial charge >= 0.3 is 0 Å². The molecule has 0 radical (unpaired) electrons. The van der Waals surface area contributed by atoms with Crippen LogP contribution in [0.2, 0.25) is 0 Å². The van der Waals surface area contributed by atoms with Gasteiger partial charge in [-0.1, -0.05) is 24.3 Å². The van der Waals surface area contributed by atoms with Crippen molar-refractivity contribution in [2.45, 2.75) is 6.42 Å². The predicted octanol–water partition coefficient (Wildman–Crippen LogP) is 3.23. The minimum atomic E-state index is -0.170. The normalized spacial score (nSPS) is 10.3. The van der Waals surface area contributed by atoms with Crippen molar-refractivity contribution in [3.05, 3.63) is 59.8 Å². The summed E-state index contributed by atoms with van der Waals surface area (Å²) in [6.45, 7) is 0. The van der Waals surface area contributed by atoms with Gasteiger partial charge < -0.3 is 15.0 Å². The van der Waals surface area contributed by atoms with Crippen LogP contribution in [-0.2, 0) is 11.2 Å². The molecule has 0 aliphatic heterocycles. The lowest BCUT2D eigenvalue weighted by Gasteiger charge is -2.06. The second-order valence-corrected chi connectivity index (χ2v) is 5.08. The quantitative estimate of drug-likeness (QED) is 0.776. The molecule has 23 heavy (non-hydrogen) atoms. The molecule has 0 aliphatic rings. The summed E-state index contributed by atoms with van der Waals surface area (Å²) in [5.41, 5.74) is 2.72. The number of aromatic amines is 1. The molecule has 0 saturated heterocycles. The van der Waals surface area contributed by atoms with Gasteiger partial charge in [-0.25, -0.2) is 0 Å². The SMILES string of the molecule is COc1cccc2c(CC(=O)Nc3ccccc3C#N)c[nH]c12. The van der Waals surface area contributed by atoms with Gasteiger partial charge in [0.25, 0.3) is 0 Å². The van der Waals surface area contributed by atoms with Crippen LogP contribution in [0.5, 0.6) is 5.75 Å². The van der Waals surface area contributed by atoms with Crippen molar-refractivity contribution in [2.75, 3.05) is 12.4 Å². The van der Waals surface area contributed by atoms with Gasteiger partial charge in [-0.05, 0) is 23.8 Å². The summed E-state index contributed by atoms with van der Waals surface area (Å²) < 4.78 is 5.30. The van der Waals surface area contributed by atoms with Crippen LogP contribution < -0.4 is 10.1 Å². The van der Waals surface area contributed by atoms with Crippen molar-refractivity contribution in [2.24, 2.45) is 0 Å². The summed E-state index contributed by atoms with van der Waals surface area (Å²) in [7, 11) is 1.61. The van der Waals surface area contributed by atoms with Crippen LogP contribution >= 0.6 is 0 Å². The van der Waals surface area contributed by atoms with E-state index in [1.54, 1.807) is 31.4 Å². The molecule has 0 fully saturated rings. The van der Waals surface area contributed by atoms with Gasteiger partial charge in [-0.2, -0.15) is 5.26 Å². The monoisotopic (exact) mass is 305 g/mol. The number of nitrogens with zero attached hydrogens (tertiary/aromatic N) is 1. The van der Waals surface area contributed by atoms with Crippen molar-refractivity contribution < 1.29 is 9.53 Å². The zero-order valence-electron chi connectivity index (χ0n) is 12.6. The first-order valence-corrected chi connectivity index (χ1v) is 7.15. The molecule has 1 amide bonds. The van der Waals surface area contributed by atoms with Crippen molar-refractivity contribution in [3.8, 4) is 11.8 Å². The van der Waals surface area contributed by atoms with Crippen LogP contribution in [0.15, 0.2) is 48.7 Å². The molecule has 1 heterocycles. The number of H-pyrrole nitrogens is 1. The van der Waals surface area contributed by atoms with E-state index < -0.39 is 0 Å². The van der Waals surface area contributed by atoms with E-state index in [1.807, 2.05) is 24.4 Å². The second-order valence-electron chi connectivity index (χ2n) is 5.08. The third-order valence-electron chi connectivity index (χ3n) is 3.66. The number of hydrogen-bond acceptors (Lipinski definition) is 3. The smallest absolute Gasteiger partial charge is 0.228 e.